The molecule has 3 aromatic carbocycles. The Labute approximate surface area is 190 Å². The Morgan fingerprint density at radius 1 is 1.03 bits per heavy atom. The monoisotopic (exact) mass is 479 g/mol. The van der Waals surface area contributed by atoms with E-state index in [0.717, 1.165) is 24.3 Å². The summed E-state index contributed by atoms with van der Waals surface area (Å²) in [6.45, 7) is 3.41. The summed E-state index contributed by atoms with van der Waals surface area (Å²) in [7, 11) is -4.27. The molecule has 3 aromatic rings. The lowest BCUT2D eigenvalue weighted by Crippen LogP contribution is -2.37. The highest BCUT2D eigenvalue weighted by molar-refractivity contribution is 7.87. The number of rotatable bonds is 7. The molecule has 0 aliphatic heterocycles. The van der Waals surface area contributed by atoms with Crippen LogP contribution < -0.4 is 4.18 Å². The van der Waals surface area contributed by atoms with Crippen LogP contribution in [0.1, 0.15) is 29.8 Å². The third-order valence-corrected chi connectivity index (χ3v) is 6.14. The van der Waals surface area contributed by atoms with Crippen LogP contribution >= 0.6 is 11.6 Å². The zero-order valence-electron chi connectivity index (χ0n) is 17.3. The van der Waals surface area contributed by atoms with E-state index in [-0.39, 0.29) is 28.8 Å². The Morgan fingerprint density at radius 2 is 1.69 bits per heavy atom. The SMILES string of the molecule is CC(C)N(Cc1cc(Cl)ccc1OS(=O)(=O)c1ccc(F)cc1)C(=O)c1ccccc1F. The Bertz CT molecular complexity index is 1230. The smallest absolute Gasteiger partial charge is 0.339 e. The molecule has 0 saturated carbocycles. The van der Waals surface area contributed by atoms with E-state index in [1.54, 1.807) is 19.9 Å². The average molecular weight is 480 g/mol. The molecule has 3 rings (SSSR count). The molecule has 5 nitrogen and oxygen atoms in total. The topological polar surface area (TPSA) is 63.7 Å². The van der Waals surface area contributed by atoms with Crippen LogP contribution in [0.25, 0.3) is 0 Å². The lowest BCUT2D eigenvalue weighted by Gasteiger charge is -2.28. The van der Waals surface area contributed by atoms with Gasteiger partial charge in [0, 0.05) is 16.6 Å². The fourth-order valence-corrected chi connectivity index (χ4v) is 4.14. The summed E-state index contributed by atoms with van der Waals surface area (Å²) < 4.78 is 58.0. The van der Waals surface area contributed by atoms with Gasteiger partial charge in [-0.1, -0.05) is 23.7 Å². The molecule has 0 heterocycles. The predicted molar refractivity (Wildman–Crippen MR) is 117 cm³/mol. The summed E-state index contributed by atoms with van der Waals surface area (Å²) in [6.07, 6.45) is 0. The predicted octanol–water partition coefficient (Wildman–Crippen LogP) is 5.44. The van der Waals surface area contributed by atoms with Crippen molar-refractivity contribution in [2.75, 3.05) is 0 Å². The van der Waals surface area contributed by atoms with Crippen LogP contribution in [-0.2, 0) is 16.7 Å². The maximum Gasteiger partial charge on any atom is 0.339 e. The molecule has 0 bridgehead atoms. The fourth-order valence-electron chi connectivity index (χ4n) is 2.98. The molecule has 0 spiro atoms. The van der Waals surface area contributed by atoms with Crippen LogP contribution in [0.5, 0.6) is 5.75 Å². The second-order valence-electron chi connectivity index (χ2n) is 7.25. The number of hydrogen-bond donors (Lipinski definition) is 0. The number of carbonyl (C=O) groups is 1. The van der Waals surface area contributed by atoms with Crippen molar-refractivity contribution in [3.05, 3.63) is 94.5 Å². The third kappa shape index (κ3) is 5.44. The largest absolute Gasteiger partial charge is 0.379 e. The third-order valence-electron chi connectivity index (χ3n) is 4.65. The van der Waals surface area contributed by atoms with E-state index < -0.39 is 27.7 Å². The molecule has 0 aliphatic rings. The van der Waals surface area contributed by atoms with Gasteiger partial charge in [-0.2, -0.15) is 8.42 Å². The van der Waals surface area contributed by atoms with Crippen molar-refractivity contribution in [2.45, 2.75) is 31.3 Å². The minimum atomic E-state index is -4.27. The van der Waals surface area contributed by atoms with Crippen LogP contribution in [0.2, 0.25) is 5.02 Å². The number of halogens is 3. The Hall–Kier alpha value is -2.97. The first-order valence-electron chi connectivity index (χ1n) is 9.62. The van der Waals surface area contributed by atoms with Gasteiger partial charge in [-0.15, -0.1) is 0 Å². The van der Waals surface area contributed by atoms with E-state index in [1.807, 2.05) is 0 Å². The maximum atomic E-state index is 14.2. The lowest BCUT2D eigenvalue weighted by molar-refractivity contribution is 0.0685. The van der Waals surface area contributed by atoms with Gasteiger partial charge >= 0.3 is 10.1 Å². The molecule has 168 valence electrons. The number of amides is 1. The van der Waals surface area contributed by atoms with Crippen LogP contribution in [0.15, 0.2) is 71.6 Å². The van der Waals surface area contributed by atoms with Crippen molar-refractivity contribution in [1.82, 2.24) is 4.90 Å². The Balaban J connectivity index is 1.95. The van der Waals surface area contributed by atoms with Crippen LogP contribution in [0.3, 0.4) is 0 Å². The summed E-state index contributed by atoms with van der Waals surface area (Å²) in [5, 5.41) is 0.300. The van der Waals surface area contributed by atoms with Gasteiger partial charge in [-0.05, 0) is 68.4 Å². The highest BCUT2D eigenvalue weighted by Gasteiger charge is 2.25. The van der Waals surface area contributed by atoms with Crippen molar-refractivity contribution < 1.29 is 26.2 Å². The maximum absolute atomic E-state index is 14.2. The summed E-state index contributed by atoms with van der Waals surface area (Å²) in [5.41, 5.74) is 0.200. The Kier molecular flexibility index (Phi) is 7.16. The Morgan fingerprint density at radius 3 is 2.31 bits per heavy atom. The summed E-state index contributed by atoms with van der Waals surface area (Å²) in [6, 6.07) is 13.7. The van der Waals surface area contributed by atoms with Crippen LogP contribution in [-0.4, -0.2) is 25.3 Å². The first-order chi connectivity index (χ1) is 15.1. The number of nitrogens with zero attached hydrogens (tertiary/aromatic N) is 1. The number of benzene rings is 3. The quantitative estimate of drug-likeness (QED) is 0.423. The average Bonchev–Trinajstić information content (AvgIpc) is 2.73. The molecule has 0 radical (unpaired) electrons. The zero-order valence-corrected chi connectivity index (χ0v) is 18.8. The minimum Gasteiger partial charge on any atom is -0.379 e. The van der Waals surface area contributed by atoms with Gasteiger partial charge in [0.1, 0.15) is 22.3 Å². The molecule has 1 amide bonds. The molecular weight excluding hydrogens is 460 g/mol. The van der Waals surface area contributed by atoms with E-state index in [2.05, 4.69) is 0 Å². The summed E-state index contributed by atoms with van der Waals surface area (Å²) in [5.74, 6) is -1.86. The van der Waals surface area contributed by atoms with Gasteiger partial charge in [0.2, 0.25) is 0 Å². The lowest BCUT2D eigenvalue weighted by atomic mass is 10.1. The summed E-state index contributed by atoms with van der Waals surface area (Å²) in [4.78, 5) is 14.1. The van der Waals surface area contributed by atoms with Crippen LogP contribution in [0.4, 0.5) is 8.78 Å². The van der Waals surface area contributed by atoms with Gasteiger partial charge in [0.05, 0.1) is 12.1 Å². The van der Waals surface area contributed by atoms with Crippen molar-refractivity contribution >= 4 is 27.6 Å². The second kappa shape index (κ2) is 9.67. The summed E-state index contributed by atoms with van der Waals surface area (Å²) >= 11 is 6.10. The fraction of sp³-hybridized carbons (Fsp3) is 0.174. The molecular formula is C23H20ClF2NO4S. The molecule has 0 fully saturated rings. The minimum absolute atomic E-state index is 0.0503. The van der Waals surface area contributed by atoms with Crippen molar-refractivity contribution in [3.63, 3.8) is 0 Å². The van der Waals surface area contributed by atoms with Gasteiger partial charge in [0.15, 0.2) is 0 Å². The standard InChI is InChI=1S/C23H20ClF2NO4S/c1-15(2)27(23(28)20-5-3-4-6-21(20)26)14-16-13-17(24)7-12-22(16)31-32(29,30)19-10-8-18(25)9-11-19/h3-13,15H,14H2,1-2H3. The highest BCUT2D eigenvalue weighted by atomic mass is 35.5. The first kappa shape index (κ1) is 23.7. The van der Waals surface area contributed by atoms with E-state index in [1.165, 1.54) is 41.3 Å². The van der Waals surface area contributed by atoms with Gasteiger partial charge in [-0.3, -0.25) is 4.79 Å². The number of hydrogen-bond acceptors (Lipinski definition) is 4. The molecule has 0 unspecified atom stereocenters. The van der Waals surface area contributed by atoms with E-state index in [4.69, 9.17) is 15.8 Å². The van der Waals surface area contributed by atoms with E-state index in [0.29, 0.717) is 10.6 Å². The molecule has 0 N–H and O–H groups in total. The van der Waals surface area contributed by atoms with Gasteiger partial charge in [0.25, 0.3) is 5.91 Å². The van der Waals surface area contributed by atoms with Crippen LogP contribution in [0, 0.1) is 11.6 Å². The zero-order chi connectivity index (χ0) is 23.5. The molecule has 0 saturated heterocycles. The van der Waals surface area contributed by atoms with E-state index >= 15 is 0 Å². The van der Waals surface area contributed by atoms with E-state index in [9.17, 15) is 22.0 Å². The normalized spacial score (nSPS) is 11.4. The highest BCUT2D eigenvalue weighted by Crippen LogP contribution is 2.29. The van der Waals surface area contributed by atoms with Gasteiger partial charge < -0.3 is 9.08 Å². The molecule has 0 atom stereocenters. The number of carbonyl (C=O) groups excluding carboxylic acids is 1. The molecule has 32 heavy (non-hydrogen) atoms. The molecule has 9 heteroatoms. The van der Waals surface area contributed by atoms with Crippen molar-refractivity contribution in [2.24, 2.45) is 0 Å². The first-order valence-corrected chi connectivity index (χ1v) is 11.4. The van der Waals surface area contributed by atoms with Crippen molar-refractivity contribution in [3.8, 4) is 5.75 Å². The van der Waals surface area contributed by atoms with Gasteiger partial charge in [-0.25, -0.2) is 8.78 Å². The molecule has 0 aromatic heterocycles. The van der Waals surface area contributed by atoms with Crippen molar-refractivity contribution in [1.29, 1.82) is 0 Å². The molecule has 0 aliphatic carbocycles. The second-order valence-corrected chi connectivity index (χ2v) is 9.23.